The fourth-order valence-electron chi connectivity index (χ4n) is 1.71. The first-order chi connectivity index (χ1) is 9.49. The highest BCUT2D eigenvalue weighted by atomic mass is 35.5. The van der Waals surface area contributed by atoms with Crippen molar-refractivity contribution in [3.8, 4) is 0 Å². The van der Waals surface area contributed by atoms with E-state index in [1.54, 1.807) is 11.3 Å². The summed E-state index contributed by atoms with van der Waals surface area (Å²) in [5.74, 6) is 0.407. The highest BCUT2D eigenvalue weighted by Crippen LogP contribution is 2.27. The summed E-state index contributed by atoms with van der Waals surface area (Å²) in [5, 5.41) is 6.44. The minimum absolute atomic E-state index is 0.407. The van der Waals surface area contributed by atoms with Crippen LogP contribution in [0.4, 0.5) is 13.2 Å². The molecule has 2 aromatic rings. The standard InChI is InChI=1S/C12H13ClF3N3S/c13-7-9-8-20-11(17-9)3-1-2-5-19-6-4-10(18-19)12(14,15)16/h4,6,8H,1-3,5,7H2. The predicted molar refractivity (Wildman–Crippen MR) is 71.8 cm³/mol. The van der Waals surface area contributed by atoms with E-state index in [1.165, 1.54) is 10.9 Å². The van der Waals surface area contributed by atoms with Gasteiger partial charge in [-0.3, -0.25) is 4.68 Å². The van der Waals surface area contributed by atoms with Gasteiger partial charge in [0.2, 0.25) is 0 Å². The van der Waals surface area contributed by atoms with E-state index in [0.717, 1.165) is 36.0 Å². The Balaban J connectivity index is 1.74. The molecule has 0 saturated heterocycles. The third kappa shape index (κ3) is 4.21. The van der Waals surface area contributed by atoms with Crippen LogP contribution in [0.1, 0.15) is 29.2 Å². The minimum Gasteiger partial charge on any atom is -0.272 e. The van der Waals surface area contributed by atoms with Crippen LogP contribution in [0.5, 0.6) is 0 Å². The second-order valence-electron chi connectivity index (χ2n) is 4.29. The first kappa shape index (κ1) is 15.3. The molecule has 0 saturated carbocycles. The summed E-state index contributed by atoms with van der Waals surface area (Å²) < 4.78 is 38.4. The Labute approximate surface area is 123 Å². The number of thiazole rings is 1. The smallest absolute Gasteiger partial charge is 0.272 e. The highest BCUT2D eigenvalue weighted by Gasteiger charge is 2.33. The van der Waals surface area contributed by atoms with Crippen LogP contribution in [0.15, 0.2) is 17.6 Å². The third-order valence-electron chi connectivity index (χ3n) is 2.70. The van der Waals surface area contributed by atoms with Crippen molar-refractivity contribution in [3.05, 3.63) is 34.0 Å². The monoisotopic (exact) mass is 323 g/mol. The first-order valence-corrected chi connectivity index (χ1v) is 7.50. The van der Waals surface area contributed by atoms with Crippen molar-refractivity contribution in [2.24, 2.45) is 0 Å². The molecule has 0 amide bonds. The molecule has 0 unspecified atom stereocenters. The summed E-state index contributed by atoms with van der Waals surface area (Å²) in [6.45, 7) is 0.476. The zero-order valence-electron chi connectivity index (χ0n) is 10.5. The maximum atomic E-state index is 12.4. The number of hydrogen-bond acceptors (Lipinski definition) is 3. The number of nitrogens with zero attached hydrogens (tertiary/aromatic N) is 3. The summed E-state index contributed by atoms with van der Waals surface area (Å²) in [6.07, 6.45) is -0.581. The molecule has 0 atom stereocenters. The number of aryl methyl sites for hydroxylation is 2. The van der Waals surface area contributed by atoms with Gasteiger partial charge in [-0.15, -0.1) is 22.9 Å². The van der Waals surface area contributed by atoms with E-state index in [0.29, 0.717) is 12.4 Å². The summed E-state index contributed by atoms with van der Waals surface area (Å²) in [5.41, 5.74) is 0.0257. The molecule has 3 nitrogen and oxygen atoms in total. The van der Waals surface area contributed by atoms with Gasteiger partial charge >= 0.3 is 6.18 Å². The van der Waals surface area contributed by atoms with Gasteiger partial charge in [0.15, 0.2) is 5.69 Å². The summed E-state index contributed by atoms with van der Waals surface area (Å²) in [6, 6.07) is 0.994. The number of rotatable bonds is 6. The van der Waals surface area contributed by atoms with E-state index in [1.807, 2.05) is 5.38 Å². The minimum atomic E-state index is -4.37. The Hall–Kier alpha value is -1.08. The van der Waals surface area contributed by atoms with Gasteiger partial charge in [-0.1, -0.05) is 0 Å². The summed E-state index contributed by atoms with van der Waals surface area (Å²) in [4.78, 5) is 4.33. The van der Waals surface area contributed by atoms with Crippen LogP contribution >= 0.6 is 22.9 Å². The zero-order valence-corrected chi connectivity index (χ0v) is 12.1. The van der Waals surface area contributed by atoms with Crippen LogP contribution in [-0.2, 0) is 25.0 Å². The Morgan fingerprint density at radius 1 is 1.30 bits per heavy atom. The second-order valence-corrected chi connectivity index (χ2v) is 5.50. The van der Waals surface area contributed by atoms with Gasteiger partial charge in [-0.05, 0) is 25.3 Å². The molecule has 2 heterocycles. The topological polar surface area (TPSA) is 30.7 Å². The Kier molecular flexibility index (Phi) is 5.04. The molecule has 0 aliphatic carbocycles. The van der Waals surface area contributed by atoms with E-state index < -0.39 is 11.9 Å². The quantitative estimate of drug-likeness (QED) is 0.591. The van der Waals surface area contributed by atoms with Crippen LogP contribution in [0.2, 0.25) is 0 Å². The van der Waals surface area contributed by atoms with Gasteiger partial charge in [0.1, 0.15) is 0 Å². The van der Waals surface area contributed by atoms with E-state index in [9.17, 15) is 13.2 Å². The molecule has 0 aromatic carbocycles. The number of aromatic nitrogens is 3. The lowest BCUT2D eigenvalue weighted by Gasteiger charge is -2.02. The van der Waals surface area contributed by atoms with Crippen molar-refractivity contribution in [3.63, 3.8) is 0 Å². The van der Waals surface area contributed by atoms with Gasteiger partial charge in [0.05, 0.1) is 16.6 Å². The van der Waals surface area contributed by atoms with E-state index >= 15 is 0 Å². The molecule has 0 radical (unpaired) electrons. The summed E-state index contributed by atoms with van der Waals surface area (Å²) >= 11 is 7.22. The average molecular weight is 324 g/mol. The molecule has 2 rings (SSSR count). The van der Waals surface area contributed by atoms with Crippen LogP contribution in [0.25, 0.3) is 0 Å². The number of hydrogen-bond donors (Lipinski definition) is 0. The Morgan fingerprint density at radius 3 is 2.70 bits per heavy atom. The lowest BCUT2D eigenvalue weighted by molar-refractivity contribution is -0.141. The molecule has 0 N–H and O–H groups in total. The molecule has 20 heavy (non-hydrogen) atoms. The Morgan fingerprint density at radius 2 is 2.10 bits per heavy atom. The van der Waals surface area contributed by atoms with Crippen molar-refractivity contribution in [1.29, 1.82) is 0 Å². The van der Waals surface area contributed by atoms with Crippen molar-refractivity contribution < 1.29 is 13.2 Å². The van der Waals surface area contributed by atoms with E-state index in [2.05, 4.69) is 10.1 Å². The first-order valence-electron chi connectivity index (χ1n) is 6.09. The second kappa shape index (κ2) is 6.58. The molecule has 2 aromatic heterocycles. The third-order valence-corrected chi connectivity index (χ3v) is 3.93. The number of alkyl halides is 4. The largest absolute Gasteiger partial charge is 0.435 e. The average Bonchev–Trinajstić information content (AvgIpc) is 3.03. The van der Waals surface area contributed by atoms with Gasteiger partial charge in [-0.25, -0.2) is 4.98 Å². The Bertz CT molecular complexity index is 550. The molecular weight excluding hydrogens is 311 g/mol. The van der Waals surface area contributed by atoms with Crippen LogP contribution < -0.4 is 0 Å². The maximum Gasteiger partial charge on any atom is 0.435 e. The van der Waals surface area contributed by atoms with Crippen LogP contribution in [-0.4, -0.2) is 14.8 Å². The van der Waals surface area contributed by atoms with Gasteiger partial charge in [0, 0.05) is 18.1 Å². The highest BCUT2D eigenvalue weighted by molar-refractivity contribution is 7.09. The molecule has 0 fully saturated rings. The van der Waals surface area contributed by atoms with Gasteiger partial charge in [0.25, 0.3) is 0 Å². The molecule has 0 aliphatic rings. The molecule has 8 heteroatoms. The predicted octanol–water partition coefficient (Wildman–Crippen LogP) is 4.12. The molecule has 0 aliphatic heterocycles. The van der Waals surface area contributed by atoms with Crippen LogP contribution in [0, 0.1) is 0 Å². The summed E-state index contributed by atoms with van der Waals surface area (Å²) in [7, 11) is 0. The molecular formula is C12H13ClF3N3S. The van der Waals surface area contributed by atoms with Gasteiger partial charge in [-0.2, -0.15) is 18.3 Å². The SMILES string of the molecule is FC(F)(F)c1ccn(CCCCc2nc(CCl)cs2)n1. The molecule has 0 spiro atoms. The van der Waals surface area contributed by atoms with E-state index in [-0.39, 0.29) is 0 Å². The van der Waals surface area contributed by atoms with E-state index in [4.69, 9.17) is 11.6 Å². The maximum absolute atomic E-state index is 12.4. The number of halogens is 4. The van der Waals surface area contributed by atoms with Crippen molar-refractivity contribution in [1.82, 2.24) is 14.8 Å². The lowest BCUT2D eigenvalue weighted by Crippen LogP contribution is -2.08. The fourth-order valence-corrected chi connectivity index (χ4v) is 2.78. The normalized spacial score (nSPS) is 12.0. The zero-order chi connectivity index (χ0) is 14.6. The molecule has 0 bridgehead atoms. The fraction of sp³-hybridized carbons (Fsp3) is 0.500. The number of unbranched alkanes of at least 4 members (excludes halogenated alkanes) is 1. The molecule has 110 valence electrons. The van der Waals surface area contributed by atoms with Crippen molar-refractivity contribution >= 4 is 22.9 Å². The van der Waals surface area contributed by atoms with Crippen molar-refractivity contribution in [2.45, 2.75) is 37.9 Å². The lowest BCUT2D eigenvalue weighted by atomic mass is 10.2. The van der Waals surface area contributed by atoms with Crippen molar-refractivity contribution in [2.75, 3.05) is 0 Å². The van der Waals surface area contributed by atoms with Crippen LogP contribution in [0.3, 0.4) is 0 Å². The van der Waals surface area contributed by atoms with Gasteiger partial charge < -0.3 is 0 Å².